The molecule has 2 amide bonds. The summed E-state index contributed by atoms with van der Waals surface area (Å²) in [4.78, 5) is 24.3. The molecule has 3 aromatic carbocycles. The Balaban J connectivity index is 1.44. The van der Waals surface area contributed by atoms with Crippen molar-refractivity contribution in [2.24, 2.45) is 0 Å². The van der Waals surface area contributed by atoms with Crippen molar-refractivity contribution >= 4 is 29.1 Å². The third-order valence-electron chi connectivity index (χ3n) is 4.22. The summed E-state index contributed by atoms with van der Waals surface area (Å²) < 4.78 is 10.6. The van der Waals surface area contributed by atoms with Gasteiger partial charge in [-0.05, 0) is 47.6 Å². The largest absolute Gasteiger partial charge is 0.493 e. The van der Waals surface area contributed by atoms with Gasteiger partial charge in [-0.3, -0.25) is 25.8 Å². The van der Waals surface area contributed by atoms with Crippen LogP contribution >= 0.6 is 12.2 Å². The van der Waals surface area contributed by atoms with Gasteiger partial charge < -0.3 is 9.47 Å². The minimum Gasteiger partial charge on any atom is -0.493 e. The molecule has 0 fully saturated rings. The lowest BCUT2D eigenvalue weighted by atomic mass is 10.0. The second kappa shape index (κ2) is 10.7. The lowest BCUT2D eigenvalue weighted by Gasteiger charge is -2.12. The van der Waals surface area contributed by atoms with E-state index < -0.39 is 5.91 Å². The topological polar surface area (TPSA) is 88.7 Å². The van der Waals surface area contributed by atoms with E-state index in [-0.39, 0.29) is 17.6 Å². The number of carbonyl (C=O) groups is 2. The Morgan fingerprint density at radius 2 is 1.42 bits per heavy atom. The highest BCUT2D eigenvalue weighted by molar-refractivity contribution is 7.80. The molecule has 7 nitrogen and oxygen atoms in total. The van der Waals surface area contributed by atoms with Gasteiger partial charge in [0.2, 0.25) is 0 Å². The van der Waals surface area contributed by atoms with Gasteiger partial charge >= 0.3 is 0 Å². The van der Waals surface area contributed by atoms with Crippen LogP contribution in [-0.2, 0) is 4.79 Å². The van der Waals surface area contributed by atoms with Gasteiger partial charge in [-0.15, -0.1) is 0 Å². The number of rotatable bonds is 6. The number of para-hydroxylation sites is 2. The standard InChI is InChI=1S/C23H21N3O4S/c1-29-19-9-5-6-10-20(19)30-15-21(27)24-23(31)26-25-22(28)18-13-11-17(12-14-18)16-7-3-2-4-8-16/h2-14H,15H2,1H3,(H,25,28)(H2,24,26,27,31). The van der Waals surface area contributed by atoms with E-state index >= 15 is 0 Å². The average molecular weight is 436 g/mol. The van der Waals surface area contributed by atoms with Crippen LogP contribution < -0.4 is 25.6 Å². The van der Waals surface area contributed by atoms with E-state index in [1.807, 2.05) is 42.5 Å². The Bertz CT molecular complexity index is 1060. The molecule has 3 aromatic rings. The number of hydrogen-bond acceptors (Lipinski definition) is 5. The van der Waals surface area contributed by atoms with E-state index in [0.29, 0.717) is 17.1 Å². The smallest absolute Gasteiger partial charge is 0.269 e. The number of nitrogens with one attached hydrogen (secondary N) is 3. The molecule has 0 aliphatic rings. The molecule has 0 aliphatic heterocycles. The van der Waals surface area contributed by atoms with Crippen LogP contribution in [0.3, 0.4) is 0 Å². The zero-order chi connectivity index (χ0) is 22.1. The molecule has 0 radical (unpaired) electrons. The molecule has 0 spiro atoms. The van der Waals surface area contributed by atoms with Gasteiger partial charge in [0.05, 0.1) is 7.11 Å². The van der Waals surface area contributed by atoms with E-state index in [9.17, 15) is 9.59 Å². The number of amides is 2. The number of ether oxygens (including phenoxy) is 2. The Morgan fingerprint density at radius 3 is 2.10 bits per heavy atom. The molecule has 0 heterocycles. The maximum absolute atomic E-state index is 12.3. The molecule has 0 aromatic heterocycles. The van der Waals surface area contributed by atoms with E-state index in [1.54, 1.807) is 36.4 Å². The molecule has 8 heteroatoms. The number of hydrazine groups is 1. The normalized spacial score (nSPS) is 9.97. The van der Waals surface area contributed by atoms with Crippen LogP contribution in [0.25, 0.3) is 11.1 Å². The molecule has 0 saturated heterocycles. The van der Waals surface area contributed by atoms with Gasteiger partial charge in [-0.25, -0.2) is 0 Å². The first-order valence-electron chi connectivity index (χ1n) is 9.38. The third-order valence-corrected chi connectivity index (χ3v) is 4.43. The quantitative estimate of drug-likeness (QED) is 0.407. The van der Waals surface area contributed by atoms with Crippen LogP contribution in [0.2, 0.25) is 0 Å². The number of hydrogen-bond donors (Lipinski definition) is 3. The average Bonchev–Trinajstić information content (AvgIpc) is 2.82. The Morgan fingerprint density at radius 1 is 0.806 bits per heavy atom. The Kier molecular flexibility index (Phi) is 7.56. The molecule has 0 aliphatic carbocycles. The lowest BCUT2D eigenvalue weighted by molar-refractivity contribution is -0.121. The van der Waals surface area contributed by atoms with Gasteiger partial charge in [-0.1, -0.05) is 54.6 Å². The summed E-state index contributed by atoms with van der Waals surface area (Å²) in [5.74, 6) is 0.0826. The van der Waals surface area contributed by atoms with E-state index in [2.05, 4.69) is 16.2 Å². The predicted molar refractivity (Wildman–Crippen MR) is 122 cm³/mol. The van der Waals surface area contributed by atoms with E-state index in [1.165, 1.54) is 7.11 Å². The van der Waals surface area contributed by atoms with E-state index in [4.69, 9.17) is 21.7 Å². The molecular formula is C23H21N3O4S. The molecule has 0 bridgehead atoms. The van der Waals surface area contributed by atoms with Crippen molar-refractivity contribution in [1.82, 2.24) is 16.2 Å². The van der Waals surface area contributed by atoms with Crippen molar-refractivity contribution in [3.05, 3.63) is 84.4 Å². The summed E-state index contributed by atoms with van der Waals surface area (Å²) in [7, 11) is 1.51. The van der Waals surface area contributed by atoms with Crippen LogP contribution in [0.5, 0.6) is 11.5 Å². The summed E-state index contributed by atoms with van der Waals surface area (Å²) >= 11 is 5.02. The van der Waals surface area contributed by atoms with Crippen molar-refractivity contribution in [2.45, 2.75) is 0 Å². The summed E-state index contributed by atoms with van der Waals surface area (Å²) in [5.41, 5.74) is 7.46. The molecule has 0 atom stereocenters. The summed E-state index contributed by atoms with van der Waals surface area (Å²) in [6.45, 7) is -0.267. The van der Waals surface area contributed by atoms with Crippen molar-refractivity contribution in [2.75, 3.05) is 13.7 Å². The van der Waals surface area contributed by atoms with Crippen molar-refractivity contribution in [3.8, 4) is 22.6 Å². The highest BCUT2D eigenvalue weighted by Gasteiger charge is 2.10. The Labute approximate surface area is 185 Å². The zero-order valence-electron chi connectivity index (χ0n) is 16.8. The van der Waals surface area contributed by atoms with Gasteiger partial charge in [0, 0.05) is 5.56 Å². The molecule has 0 unspecified atom stereocenters. The van der Waals surface area contributed by atoms with Gasteiger partial charge in [0.1, 0.15) is 0 Å². The van der Waals surface area contributed by atoms with Crippen LogP contribution in [-0.4, -0.2) is 30.6 Å². The van der Waals surface area contributed by atoms with Gasteiger partial charge in [0.15, 0.2) is 23.2 Å². The number of methoxy groups -OCH3 is 1. The maximum atomic E-state index is 12.3. The maximum Gasteiger partial charge on any atom is 0.269 e. The van der Waals surface area contributed by atoms with Crippen LogP contribution in [0.1, 0.15) is 10.4 Å². The first-order valence-corrected chi connectivity index (χ1v) is 9.79. The fourth-order valence-corrected chi connectivity index (χ4v) is 2.87. The summed E-state index contributed by atoms with van der Waals surface area (Å²) in [6.07, 6.45) is 0. The number of carbonyl (C=O) groups excluding carboxylic acids is 2. The molecule has 3 N–H and O–H groups in total. The second-order valence-electron chi connectivity index (χ2n) is 6.34. The summed E-state index contributed by atoms with van der Waals surface area (Å²) in [6, 6.07) is 24.0. The molecule has 0 saturated carbocycles. The number of thiocarbonyl (C=S) groups is 1. The van der Waals surface area contributed by atoms with Crippen LogP contribution in [0.4, 0.5) is 0 Å². The van der Waals surface area contributed by atoms with Crippen molar-refractivity contribution in [3.63, 3.8) is 0 Å². The fraction of sp³-hybridized carbons (Fsp3) is 0.0870. The minimum absolute atomic E-state index is 0.0529. The fourth-order valence-electron chi connectivity index (χ4n) is 2.71. The Hall–Kier alpha value is -3.91. The van der Waals surface area contributed by atoms with Crippen LogP contribution in [0.15, 0.2) is 78.9 Å². The van der Waals surface area contributed by atoms with Gasteiger partial charge in [0.25, 0.3) is 11.8 Å². The third kappa shape index (κ3) is 6.28. The molecular weight excluding hydrogens is 414 g/mol. The molecule has 31 heavy (non-hydrogen) atoms. The van der Waals surface area contributed by atoms with Crippen molar-refractivity contribution in [1.29, 1.82) is 0 Å². The number of benzene rings is 3. The SMILES string of the molecule is COc1ccccc1OCC(=O)NC(=S)NNC(=O)c1ccc(-c2ccccc2)cc1. The second-order valence-corrected chi connectivity index (χ2v) is 6.75. The highest BCUT2D eigenvalue weighted by Crippen LogP contribution is 2.25. The van der Waals surface area contributed by atoms with Gasteiger partial charge in [-0.2, -0.15) is 0 Å². The predicted octanol–water partition coefficient (Wildman–Crippen LogP) is 3.08. The molecule has 158 valence electrons. The highest BCUT2D eigenvalue weighted by atomic mass is 32.1. The lowest BCUT2D eigenvalue weighted by Crippen LogP contribution is -2.49. The molecule has 3 rings (SSSR count). The first kappa shape index (κ1) is 21.8. The summed E-state index contributed by atoms with van der Waals surface area (Å²) in [5, 5.41) is 2.37. The minimum atomic E-state index is -0.482. The van der Waals surface area contributed by atoms with E-state index in [0.717, 1.165) is 11.1 Å². The zero-order valence-corrected chi connectivity index (χ0v) is 17.6. The first-order chi connectivity index (χ1) is 15.1. The monoisotopic (exact) mass is 435 g/mol. The van der Waals surface area contributed by atoms with Crippen LogP contribution in [0, 0.1) is 0 Å². The van der Waals surface area contributed by atoms with Crippen molar-refractivity contribution < 1.29 is 19.1 Å².